The second-order valence-electron chi connectivity index (χ2n) is 7.58. The Morgan fingerprint density at radius 2 is 1.89 bits per heavy atom. The van der Waals surface area contributed by atoms with Crippen molar-refractivity contribution in [1.29, 1.82) is 0 Å². The van der Waals surface area contributed by atoms with Crippen LogP contribution in [0.4, 0.5) is 0 Å². The van der Waals surface area contributed by atoms with Crippen molar-refractivity contribution in [1.82, 2.24) is 19.2 Å². The van der Waals surface area contributed by atoms with E-state index in [0.717, 1.165) is 5.56 Å². The summed E-state index contributed by atoms with van der Waals surface area (Å²) in [4.78, 5) is 32.5. The van der Waals surface area contributed by atoms with E-state index in [-0.39, 0.29) is 29.5 Å². The summed E-state index contributed by atoms with van der Waals surface area (Å²) < 4.78 is 26.3. The highest BCUT2D eigenvalue weighted by atomic mass is 32.2. The van der Waals surface area contributed by atoms with Gasteiger partial charge in [0.1, 0.15) is 5.69 Å². The third-order valence-corrected chi connectivity index (χ3v) is 6.80. The molecule has 4 rings (SSSR count). The molecule has 2 aliphatic heterocycles. The van der Waals surface area contributed by atoms with Crippen molar-refractivity contribution >= 4 is 15.9 Å². The molecule has 2 aromatic rings. The van der Waals surface area contributed by atoms with Gasteiger partial charge in [0, 0.05) is 31.2 Å². The zero-order chi connectivity index (χ0) is 20.1. The molecule has 0 spiro atoms. The maximum Gasteiger partial charge on any atom is 0.345 e. The van der Waals surface area contributed by atoms with Crippen LogP contribution in [0.25, 0.3) is 0 Å². The van der Waals surface area contributed by atoms with Crippen molar-refractivity contribution in [3.63, 3.8) is 0 Å². The van der Waals surface area contributed by atoms with Gasteiger partial charge in [-0.3, -0.25) is 4.79 Å². The SMILES string of the molecule is Cc1cc(C(=O)N2C[C@@H]3CN(S(C)(=O)=O)[C@@H](c4ccccc4)[C@@H]3C2)nc(=O)[nH]1. The van der Waals surface area contributed by atoms with Crippen LogP contribution in [0.15, 0.2) is 41.2 Å². The summed E-state index contributed by atoms with van der Waals surface area (Å²) in [5.74, 6) is -0.238. The molecule has 1 amide bonds. The molecule has 0 aliphatic carbocycles. The van der Waals surface area contributed by atoms with E-state index in [4.69, 9.17) is 0 Å². The van der Waals surface area contributed by atoms with Gasteiger partial charge in [0.05, 0.1) is 12.3 Å². The molecule has 0 saturated carbocycles. The number of nitrogens with one attached hydrogen (secondary N) is 1. The Bertz CT molecular complexity index is 1070. The summed E-state index contributed by atoms with van der Waals surface area (Å²) in [5.41, 5.74) is 1.08. The number of benzene rings is 1. The van der Waals surface area contributed by atoms with Crippen LogP contribution in [0.5, 0.6) is 0 Å². The van der Waals surface area contributed by atoms with Crippen LogP contribution < -0.4 is 5.69 Å². The Kier molecular flexibility index (Phi) is 4.59. The summed E-state index contributed by atoms with van der Waals surface area (Å²) in [7, 11) is -3.37. The van der Waals surface area contributed by atoms with Crippen LogP contribution in [0, 0.1) is 18.8 Å². The van der Waals surface area contributed by atoms with Crippen LogP contribution in [-0.2, 0) is 10.0 Å². The second-order valence-corrected chi connectivity index (χ2v) is 9.51. The predicted molar refractivity (Wildman–Crippen MR) is 103 cm³/mol. The summed E-state index contributed by atoms with van der Waals surface area (Å²) in [6.07, 6.45) is 1.23. The van der Waals surface area contributed by atoms with E-state index in [1.54, 1.807) is 22.2 Å². The third-order valence-electron chi connectivity index (χ3n) is 5.57. The quantitative estimate of drug-likeness (QED) is 0.817. The fraction of sp³-hybridized carbons (Fsp3) is 0.421. The number of aromatic nitrogens is 2. The van der Waals surface area contributed by atoms with Crippen molar-refractivity contribution in [3.8, 4) is 0 Å². The number of H-pyrrole nitrogens is 1. The van der Waals surface area contributed by atoms with Gasteiger partial charge < -0.3 is 9.88 Å². The van der Waals surface area contributed by atoms with E-state index >= 15 is 0 Å². The molecule has 2 aliphatic rings. The lowest BCUT2D eigenvalue weighted by Gasteiger charge is -2.28. The molecule has 1 aromatic heterocycles. The first kappa shape index (κ1) is 18.8. The summed E-state index contributed by atoms with van der Waals surface area (Å²) in [6.45, 7) is 2.97. The van der Waals surface area contributed by atoms with Gasteiger partial charge in [-0.15, -0.1) is 0 Å². The lowest BCUT2D eigenvalue weighted by molar-refractivity contribution is 0.0767. The average molecular weight is 402 g/mol. The van der Waals surface area contributed by atoms with Gasteiger partial charge in [0.15, 0.2) is 0 Å². The van der Waals surface area contributed by atoms with Gasteiger partial charge >= 0.3 is 5.69 Å². The number of hydrogen-bond donors (Lipinski definition) is 1. The molecule has 3 atom stereocenters. The molecule has 0 radical (unpaired) electrons. The molecule has 3 heterocycles. The molecule has 2 fully saturated rings. The van der Waals surface area contributed by atoms with E-state index in [1.165, 1.54) is 6.26 Å². The number of hydrogen-bond acceptors (Lipinski definition) is 5. The normalized spacial score (nSPS) is 25.1. The number of likely N-dealkylation sites (tertiary alicyclic amines) is 1. The fourth-order valence-corrected chi connectivity index (χ4v) is 5.58. The predicted octanol–water partition coefficient (Wildman–Crippen LogP) is 0.783. The number of rotatable bonds is 3. The Balaban J connectivity index is 1.63. The highest BCUT2D eigenvalue weighted by Gasteiger charge is 2.51. The molecule has 1 aromatic carbocycles. The van der Waals surface area contributed by atoms with Crippen molar-refractivity contribution in [3.05, 3.63) is 63.8 Å². The number of aryl methyl sites for hydroxylation is 1. The molecule has 1 N–H and O–H groups in total. The summed E-state index contributed by atoms with van der Waals surface area (Å²) in [5, 5.41) is 0. The van der Waals surface area contributed by atoms with Crippen molar-refractivity contribution in [2.75, 3.05) is 25.9 Å². The maximum atomic E-state index is 12.9. The maximum absolute atomic E-state index is 12.9. The highest BCUT2D eigenvalue weighted by molar-refractivity contribution is 7.88. The van der Waals surface area contributed by atoms with Crippen molar-refractivity contribution in [2.45, 2.75) is 13.0 Å². The lowest BCUT2D eigenvalue weighted by atomic mass is 9.90. The van der Waals surface area contributed by atoms with E-state index in [2.05, 4.69) is 9.97 Å². The zero-order valence-electron chi connectivity index (χ0n) is 15.7. The minimum absolute atomic E-state index is 0.00386. The van der Waals surface area contributed by atoms with Crippen LogP contribution in [0.1, 0.15) is 27.8 Å². The van der Waals surface area contributed by atoms with Gasteiger partial charge in [0.25, 0.3) is 5.91 Å². The van der Waals surface area contributed by atoms with Crippen LogP contribution in [0.2, 0.25) is 0 Å². The molecular formula is C19H22N4O4S. The number of carbonyl (C=O) groups excluding carboxylic acids is 1. The number of fused-ring (bicyclic) bond motifs is 1. The number of nitrogens with zero attached hydrogens (tertiary/aromatic N) is 3. The molecule has 148 valence electrons. The molecule has 0 unspecified atom stereocenters. The zero-order valence-corrected chi connectivity index (χ0v) is 16.5. The minimum Gasteiger partial charge on any atom is -0.337 e. The topological polar surface area (TPSA) is 103 Å². The molecule has 2 saturated heterocycles. The fourth-order valence-electron chi connectivity index (χ4n) is 4.43. The summed E-state index contributed by atoms with van der Waals surface area (Å²) >= 11 is 0. The monoisotopic (exact) mass is 402 g/mol. The molecule has 8 nitrogen and oxygen atoms in total. The Morgan fingerprint density at radius 3 is 2.54 bits per heavy atom. The second kappa shape index (κ2) is 6.82. The summed E-state index contributed by atoms with van der Waals surface area (Å²) in [6, 6.07) is 10.8. The third kappa shape index (κ3) is 3.35. The number of amides is 1. The van der Waals surface area contributed by atoms with Crippen LogP contribution in [0.3, 0.4) is 0 Å². The molecule has 28 heavy (non-hydrogen) atoms. The van der Waals surface area contributed by atoms with Gasteiger partial charge in [-0.2, -0.15) is 9.29 Å². The van der Waals surface area contributed by atoms with Gasteiger partial charge in [-0.25, -0.2) is 13.2 Å². The smallest absolute Gasteiger partial charge is 0.337 e. The van der Waals surface area contributed by atoms with E-state index in [0.29, 0.717) is 25.3 Å². The number of sulfonamides is 1. The number of aromatic amines is 1. The van der Waals surface area contributed by atoms with Crippen LogP contribution >= 0.6 is 0 Å². The average Bonchev–Trinajstić information content (AvgIpc) is 3.18. The molecule has 9 heteroatoms. The first-order valence-electron chi connectivity index (χ1n) is 9.13. The van der Waals surface area contributed by atoms with Gasteiger partial charge in [0.2, 0.25) is 10.0 Å². The standard InChI is InChI=1S/C19H22N4O4S/c1-12-8-16(21-19(25)20-12)18(24)22-9-14-10-23(28(2,26)27)17(15(14)11-22)13-6-4-3-5-7-13/h3-8,14-15,17H,9-11H2,1-2H3,(H,20,21,25)/t14-,15-,17+/m1/s1. The van der Waals surface area contributed by atoms with Crippen molar-refractivity contribution < 1.29 is 13.2 Å². The van der Waals surface area contributed by atoms with Crippen LogP contribution in [-0.4, -0.2) is 59.4 Å². The Labute approximate surface area is 163 Å². The number of carbonyl (C=O) groups is 1. The Morgan fingerprint density at radius 1 is 1.18 bits per heavy atom. The van der Waals surface area contributed by atoms with E-state index in [1.807, 2.05) is 30.3 Å². The highest BCUT2D eigenvalue weighted by Crippen LogP contribution is 2.46. The van der Waals surface area contributed by atoms with E-state index in [9.17, 15) is 18.0 Å². The largest absolute Gasteiger partial charge is 0.345 e. The molecule has 0 bridgehead atoms. The van der Waals surface area contributed by atoms with Gasteiger partial charge in [-0.05, 0) is 24.5 Å². The first-order chi connectivity index (χ1) is 13.2. The van der Waals surface area contributed by atoms with E-state index < -0.39 is 15.7 Å². The lowest BCUT2D eigenvalue weighted by Crippen LogP contribution is -2.37. The first-order valence-corrected chi connectivity index (χ1v) is 11.0. The van der Waals surface area contributed by atoms with Crippen molar-refractivity contribution in [2.24, 2.45) is 11.8 Å². The Hall–Kier alpha value is -2.52. The minimum atomic E-state index is -3.37. The molecular weight excluding hydrogens is 380 g/mol. The van der Waals surface area contributed by atoms with Gasteiger partial charge in [-0.1, -0.05) is 30.3 Å².